The molecule has 0 saturated carbocycles. The minimum absolute atomic E-state index is 0.0734. The van der Waals surface area contributed by atoms with Crippen molar-refractivity contribution in [3.8, 4) is 0 Å². The number of rotatable bonds is 6. The van der Waals surface area contributed by atoms with Gasteiger partial charge in [-0.3, -0.25) is 0 Å². The highest BCUT2D eigenvalue weighted by Gasteiger charge is 2.12. The van der Waals surface area contributed by atoms with Crippen molar-refractivity contribution in [2.45, 2.75) is 6.04 Å². The molecule has 1 atom stereocenters. The SMILES string of the molecule is C=C(Br)CN[C@@H](COC)c1ccco1. The van der Waals surface area contributed by atoms with Crippen LogP contribution >= 0.6 is 15.9 Å². The molecule has 1 N–H and O–H groups in total. The average molecular weight is 260 g/mol. The second-order valence-electron chi connectivity index (χ2n) is 2.92. The zero-order chi connectivity index (χ0) is 10.4. The van der Waals surface area contributed by atoms with Crippen LogP contribution in [0.4, 0.5) is 0 Å². The van der Waals surface area contributed by atoms with Crippen molar-refractivity contribution in [2.24, 2.45) is 0 Å². The highest BCUT2D eigenvalue weighted by Crippen LogP contribution is 2.14. The molecule has 0 bridgehead atoms. The zero-order valence-corrected chi connectivity index (χ0v) is 9.71. The summed E-state index contributed by atoms with van der Waals surface area (Å²) in [4.78, 5) is 0. The molecule has 0 unspecified atom stereocenters. The number of ether oxygens (including phenoxy) is 1. The first-order valence-electron chi connectivity index (χ1n) is 4.33. The van der Waals surface area contributed by atoms with Gasteiger partial charge in [0.2, 0.25) is 0 Å². The lowest BCUT2D eigenvalue weighted by atomic mass is 10.2. The van der Waals surface area contributed by atoms with Gasteiger partial charge in [-0.05, 0) is 12.1 Å². The summed E-state index contributed by atoms with van der Waals surface area (Å²) in [6.07, 6.45) is 1.66. The molecule has 14 heavy (non-hydrogen) atoms. The molecule has 0 aliphatic rings. The van der Waals surface area contributed by atoms with Crippen molar-refractivity contribution in [1.82, 2.24) is 5.32 Å². The number of halogens is 1. The van der Waals surface area contributed by atoms with Crippen molar-refractivity contribution >= 4 is 15.9 Å². The van der Waals surface area contributed by atoms with E-state index in [-0.39, 0.29) is 6.04 Å². The van der Waals surface area contributed by atoms with E-state index in [9.17, 15) is 0 Å². The summed E-state index contributed by atoms with van der Waals surface area (Å²) >= 11 is 3.29. The van der Waals surface area contributed by atoms with Crippen LogP contribution in [0.25, 0.3) is 0 Å². The van der Waals surface area contributed by atoms with Crippen LogP contribution in [-0.4, -0.2) is 20.3 Å². The molecule has 0 amide bonds. The van der Waals surface area contributed by atoms with Crippen LogP contribution in [0.1, 0.15) is 11.8 Å². The molecule has 1 aromatic heterocycles. The third-order valence-corrected chi connectivity index (χ3v) is 2.04. The van der Waals surface area contributed by atoms with Crippen molar-refractivity contribution in [3.05, 3.63) is 35.2 Å². The lowest BCUT2D eigenvalue weighted by Crippen LogP contribution is -2.25. The Morgan fingerprint density at radius 1 is 1.79 bits per heavy atom. The molecule has 0 aromatic carbocycles. The first-order chi connectivity index (χ1) is 6.74. The third kappa shape index (κ3) is 3.65. The van der Waals surface area contributed by atoms with Crippen LogP contribution in [0.3, 0.4) is 0 Å². The summed E-state index contributed by atoms with van der Waals surface area (Å²) in [5.74, 6) is 0.876. The fourth-order valence-electron chi connectivity index (χ4n) is 1.13. The van der Waals surface area contributed by atoms with Gasteiger partial charge in [0.05, 0.1) is 18.9 Å². The molecule has 0 radical (unpaired) electrons. The Bertz CT molecular complexity index is 272. The van der Waals surface area contributed by atoms with E-state index in [0.717, 1.165) is 10.2 Å². The molecule has 1 rings (SSSR count). The van der Waals surface area contributed by atoms with Gasteiger partial charge in [0.25, 0.3) is 0 Å². The quantitative estimate of drug-likeness (QED) is 0.853. The van der Waals surface area contributed by atoms with Gasteiger partial charge in [-0.25, -0.2) is 0 Å². The Morgan fingerprint density at radius 2 is 2.57 bits per heavy atom. The van der Waals surface area contributed by atoms with E-state index in [0.29, 0.717) is 13.2 Å². The van der Waals surface area contributed by atoms with Crippen LogP contribution < -0.4 is 5.32 Å². The van der Waals surface area contributed by atoms with Gasteiger partial charge in [-0.15, -0.1) is 0 Å². The summed E-state index contributed by atoms with van der Waals surface area (Å²) in [6.45, 7) is 5.02. The van der Waals surface area contributed by atoms with Gasteiger partial charge in [0.1, 0.15) is 5.76 Å². The smallest absolute Gasteiger partial charge is 0.123 e. The molecule has 0 aliphatic carbocycles. The Kier molecular flexibility index (Phi) is 4.93. The van der Waals surface area contributed by atoms with Gasteiger partial charge in [-0.1, -0.05) is 22.5 Å². The highest BCUT2D eigenvalue weighted by atomic mass is 79.9. The van der Waals surface area contributed by atoms with E-state index in [1.54, 1.807) is 13.4 Å². The average Bonchev–Trinajstić information content (AvgIpc) is 2.64. The molecule has 0 saturated heterocycles. The molecule has 0 fully saturated rings. The number of hydrogen-bond donors (Lipinski definition) is 1. The summed E-state index contributed by atoms with van der Waals surface area (Å²) in [6, 6.07) is 3.86. The molecule has 1 heterocycles. The lowest BCUT2D eigenvalue weighted by molar-refractivity contribution is 0.159. The molecule has 3 nitrogen and oxygen atoms in total. The highest BCUT2D eigenvalue weighted by molar-refractivity contribution is 9.11. The number of methoxy groups -OCH3 is 1. The number of hydrogen-bond acceptors (Lipinski definition) is 3. The first-order valence-corrected chi connectivity index (χ1v) is 5.12. The van der Waals surface area contributed by atoms with E-state index in [1.807, 2.05) is 12.1 Å². The molecule has 1 aromatic rings. The van der Waals surface area contributed by atoms with Crippen molar-refractivity contribution in [2.75, 3.05) is 20.3 Å². The van der Waals surface area contributed by atoms with Gasteiger partial charge in [0.15, 0.2) is 0 Å². The Hall–Kier alpha value is -0.580. The molecule has 78 valence electrons. The van der Waals surface area contributed by atoms with Crippen LogP contribution in [0.5, 0.6) is 0 Å². The zero-order valence-electron chi connectivity index (χ0n) is 8.13. The molecule has 4 heteroatoms. The lowest BCUT2D eigenvalue weighted by Gasteiger charge is -2.14. The van der Waals surface area contributed by atoms with Gasteiger partial charge in [-0.2, -0.15) is 0 Å². The van der Waals surface area contributed by atoms with Crippen LogP contribution in [0.2, 0.25) is 0 Å². The Morgan fingerprint density at radius 3 is 3.07 bits per heavy atom. The predicted molar refractivity (Wildman–Crippen MR) is 59.4 cm³/mol. The predicted octanol–water partition coefficient (Wildman–Crippen LogP) is 2.47. The third-order valence-electron chi connectivity index (χ3n) is 1.76. The Labute approximate surface area is 92.3 Å². The van der Waals surface area contributed by atoms with Gasteiger partial charge < -0.3 is 14.5 Å². The fraction of sp³-hybridized carbons (Fsp3) is 0.400. The summed E-state index contributed by atoms with van der Waals surface area (Å²) < 4.78 is 11.3. The standard InChI is InChI=1S/C10H14BrNO2/c1-8(11)6-12-9(7-13-2)10-4-3-5-14-10/h3-5,9,12H,1,6-7H2,2H3/t9-/m0/s1. The molecule has 0 aliphatic heterocycles. The van der Waals surface area contributed by atoms with Crippen molar-refractivity contribution in [1.29, 1.82) is 0 Å². The summed E-state index contributed by atoms with van der Waals surface area (Å²) in [7, 11) is 1.67. The van der Waals surface area contributed by atoms with E-state index in [2.05, 4.69) is 27.8 Å². The topological polar surface area (TPSA) is 34.4 Å². The van der Waals surface area contributed by atoms with E-state index < -0.39 is 0 Å². The fourth-order valence-corrected chi connectivity index (χ4v) is 1.29. The maximum absolute atomic E-state index is 5.29. The second-order valence-corrected chi connectivity index (χ2v) is 4.04. The minimum Gasteiger partial charge on any atom is -0.468 e. The monoisotopic (exact) mass is 259 g/mol. The van der Waals surface area contributed by atoms with Crippen LogP contribution in [0.15, 0.2) is 33.9 Å². The second kappa shape index (κ2) is 6.01. The summed E-state index contributed by atoms with van der Waals surface area (Å²) in [5, 5.41) is 3.26. The number of nitrogens with one attached hydrogen (secondary N) is 1. The normalized spacial score (nSPS) is 12.7. The maximum atomic E-state index is 5.29. The van der Waals surface area contributed by atoms with Crippen LogP contribution in [-0.2, 0) is 4.74 Å². The van der Waals surface area contributed by atoms with Crippen molar-refractivity contribution in [3.63, 3.8) is 0 Å². The van der Waals surface area contributed by atoms with Gasteiger partial charge >= 0.3 is 0 Å². The molecule has 0 spiro atoms. The summed E-state index contributed by atoms with van der Waals surface area (Å²) in [5.41, 5.74) is 0. The van der Waals surface area contributed by atoms with Crippen LogP contribution in [0, 0.1) is 0 Å². The Balaban J connectivity index is 2.51. The van der Waals surface area contributed by atoms with E-state index in [1.165, 1.54) is 0 Å². The molecular weight excluding hydrogens is 246 g/mol. The molecular formula is C10H14BrNO2. The first kappa shape index (κ1) is 11.5. The number of furan rings is 1. The largest absolute Gasteiger partial charge is 0.468 e. The van der Waals surface area contributed by atoms with Crippen molar-refractivity contribution < 1.29 is 9.15 Å². The minimum atomic E-state index is 0.0734. The maximum Gasteiger partial charge on any atom is 0.123 e. The van der Waals surface area contributed by atoms with E-state index >= 15 is 0 Å². The van der Waals surface area contributed by atoms with Gasteiger partial charge in [0, 0.05) is 18.1 Å². The van der Waals surface area contributed by atoms with E-state index in [4.69, 9.17) is 9.15 Å².